The molecule has 0 aromatic rings. The number of allylic oxidation sites excluding steroid dienone is 1. The summed E-state index contributed by atoms with van der Waals surface area (Å²) in [6.45, 7) is 15.0. The largest absolute Gasteiger partial charge is 0.359 e. The molecule has 0 saturated carbocycles. The molecule has 0 spiro atoms. The molecule has 0 aromatic heterocycles. The topological polar surface area (TPSA) is 28.0 Å². The van der Waals surface area contributed by atoms with Gasteiger partial charge >= 0.3 is 0 Å². The molecule has 0 amide bonds. The molecule has 96 valence electrons. The zero-order chi connectivity index (χ0) is 13.3. The lowest BCUT2D eigenvalue weighted by Gasteiger charge is -2.29. The fourth-order valence-corrected chi connectivity index (χ4v) is 1.29. The quantitative estimate of drug-likeness (QED) is 0.361. The average Bonchev–Trinajstić information content (AvgIpc) is 2.32. The minimum absolute atomic E-state index is 0.446. The summed E-state index contributed by atoms with van der Waals surface area (Å²) in [6, 6.07) is 0.446. The number of hydrogen-bond donors (Lipinski definition) is 0. The highest BCUT2D eigenvalue weighted by atomic mass is 15.2. The molecule has 1 atom stereocenters. The predicted molar refractivity (Wildman–Crippen MR) is 77.9 cm³/mol. The molecule has 0 aliphatic heterocycles. The van der Waals surface area contributed by atoms with Gasteiger partial charge in [0.2, 0.25) is 0 Å². The Morgan fingerprint density at radius 1 is 1.35 bits per heavy atom. The van der Waals surface area contributed by atoms with Crippen molar-refractivity contribution in [2.75, 3.05) is 13.6 Å². The van der Waals surface area contributed by atoms with Crippen LogP contribution in [-0.2, 0) is 0 Å². The van der Waals surface area contributed by atoms with Gasteiger partial charge in [-0.05, 0) is 25.3 Å². The van der Waals surface area contributed by atoms with Crippen molar-refractivity contribution < 1.29 is 0 Å². The van der Waals surface area contributed by atoms with Crippen LogP contribution in [0.5, 0.6) is 0 Å². The maximum Gasteiger partial charge on any atom is 0.0914 e. The van der Waals surface area contributed by atoms with Crippen LogP contribution in [0.3, 0.4) is 0 Å². The lowest BCUT2D eigenvalue weighted by Crippen LogP contribution is -2.36. The highest BCUT2D eigenvalue weighted by molar-refractivity contribution is 5.61. The zero-order valence-electron chi connectivity index (χ0n) is 11.6. The number of nitrogens with zero attached hydrogens (tertiary/aromatic N) is 3. The number of rotatable bonds is 8. The lowest BCUT2D eigenvalue weighted by atomic mass is 10.1. The number of hydrogen-bond acceptors (Lipinski definition) is 2. The third kappa shape index (κ3) is 6.72. The molecule has 3 heteroatoms. The Labute approximate surface area is 106 Å². The van der Waals surface area contributed by atoms with Gasteiger partial charge in [0.1, 0.15) is 0 Å². The summed E-state index contributed by atoms with van der Waals surface area (Å²) in [4.78, 5) is 10.5. The van der Waals surface area contributed by atoms with Crippen molar-refractivity contribution in [2.45, 2.75) is 33.2 Å². The van der Waals surface area contributed by atoms with Crippen molar-refractivity contribution in [3.8, 4) is 0 Å². The van der Waals surface area contributed by atoms with Crippen molar-refractivity contribution in [1.29, 1.82) is 0 Å². The third-order valence-corrected chi connectivity index (χ3v) is 2.79. The summed E-state index contributed by atoms with van der Waals surface area (Å²) >= 11 is 0. The highest BCUT2D eigenvalue weighted by Gasteiger charge is 2.13. The minimum atomic E-state index is 0.446. The second-order valence-electron chi connectivity index (χ2n) is 4.39. The third-order valence-electron chi connectivity index (χ3n) is 2.79. The van der Waals surface area contributed by atoms with Crippen LogP contribution in [0.25, 0.3) is 0 Å². The Hall–Kier alpha value is -1.38. The van der Waals surface area contributed by atoms with E-state index in [4.69, 9.17) is 0 Å². The Bertz CT molecular complexity index is 290. The first-order valence-electron chi connectivity index (χ1n) is 6.04. The zero-order valence-corrected chi connectivity index (χ0v) is 11.6. The summed E-state index contributed by atoms with van der Waals surface area (Å²) in [5, 5.41) is 0. The summed E-state index contributed by atoms with van der Waals surface area (Å²) in [7, 11) is 1.80. The van der Waals surface area contributed by atoms with Gasteiger partial charge in [-0.3, -0.25) is 0 Å². The highest BCUT2D eigenvalue weighted by Crippen LogP contribution is 2.09. The molecule has 0 aliphatic rings. The summed E-state index contributed by atoms with van der Waals surface area (Å²) in [5.74, 6) is 0.581. The van der Waals surface area contributed by atoms with Gasteiger partial charge in [-0.25, -0.2) is 4.99 Å². The molecule has 0 rings (SSSR count). The molecular weight excluding hydrogens is 210 g/mol. The van der Waals surface area contributed by atoms with E-state index in [0.29, 0.717) is 17.7 Å². The Balaban J connectivity index is 4.54. The normalized spacial score (nSPS) is 13.5. The van der Waals surface area contributed by atoms with Gasteiger partial charge in [0, 0.05) is 25.8 Å². The van der Waals surface area contributed by atoms with Crippen molar-refractivity contribution >= 4 is 12.6 Å². The molecule has 0 saturated heterocycles. The standard InChI is InChI=1S/C14H25N3/c1-7-13(4)16-11-17(10-8-9-15-6)14(5)12(2)3/h7,9,11-12,14H,1,4,8,10H2,2-3,5-6H3/b15-9-,16-11-. The fraction of sp³-hybridized carbons (Fsp3) is 0.571. The van der Waals surface area contributed by atoms with Crippen molar-refractivity contribution in [2.24, 2.45) is 15.9 Å². The second-order valence-corrected chi connectivity index (χ2v) is 4.39. The van der Waals surface area contributed by atoms with Gasteiger partial charge < -0.3 is 9.89 Å². The molecule has 0 radical (unpaired) electrons. The Morgan fingerprint density at radius 3 is 2.47 bits per heavy atom. The van der Waals surface area contributed by atoms with E-state index >= 15 is 0 Å². The van der Waals surface area contributed by atoms with Crippen molar-refractivity contribution in [3.63, 3.8) is 0 Å². The monoisotopic (exact) mass is 235 g/mol. The van der Waals surface area contributed by atoms with Gasteiger partial charge in [0.05, 0.1) is 12.0 Å². The molecule has 0 bridgehead atoms. The maximum atomic E-state index is 4.27. The van der Waals surface area contributed by atoms with E-state index in [-0.39, 0.29) is 0 Å². The van der Waals surface area contributed by atoms with E-state index in [2.05, 4.69) is 48.8 Å². The van der Waals surface area contributed by atoms with E-state index in [9.17, 15) is 0 Å². The molecule has 0 aromatic carbocycles. The van der Waals surface area contributed by atoms with Gasteiger partial charge in [-0.1, -0.05) is 27.0 Å². The van der Waals surface area contributed by atoms with Gasteiger partial charge in [0.25, 0.3) is 0 Å². The van der Waals surface area contributed by atoms with Crippen LogP contribution in [0.2, 0.25) is 0 Å². The first-order valence-corrected chi connectivity index (χ1v) is 6.04. The van der Waals surface area contributed by atoms with Crippen LogP contribution >= 0.6 is 0 Å². The molecule has 0 N–H and O–H groups in total. The lowest BCUT2D eigenvalue weighted by molar-refractivity contribution is 0.280. The molecular formula is C14H25N3. The molecule has 17 heavy (non-hydrogen) atoms. The van der Waals surface area contributed by atoms with Crippen LogP contribution in [-0.4, -0.2) is 37.1 Å². The second kappa shape index (κ2) is 8.74. The van der Waals surface area contributed by atoms with Crippen LogP contribution in [0.15, 0.2) is 34.9 Å². The average molecular weight is 235 g/mol. The maximum absolute atomic E-state index is 4.27. The smallest absolute Gasteiger partial charge is 0.0914 e. The Kier molecular flexibility index (Phi) is 8.03. The molecule has 1 unspecified atom stereocenters. The van der Waals surface area contributed by atoms with Crippen LogP contribution in [0.1, 0.15) is 27.2 Å². The van der Waals surface area contributed by atoms with Crippen LogP contribution in [0.4, 0.5) is 0 Å². The molecule has 0 heterocycles. The van der Waals surface area contributed by atoms with E-state index < -0.39 is 0 Å². The van der Waals surface area contributed by atoms with Gasteiger partial charge in [-0.15, -0.1) is 0 Å². The predicted octanol–water partition coefficient (Wildman–Crippen LogP) is 3.15. The fourth-order valence-electron chi connectivity index (χ4n) is 1.29. The van der Waals surface area contributed by atoms with Crippen molar-refractivity contribution in [3.05, 3.63) is 24.9 Å². The number of aliphatic imine (C=N–C) groups is 2. The molecule has 0 aliphatic carbocycles. The van der Waals surface area contributed by atoms with E-state index in [1.807, 2.05) is 12.6 Å². The Morgan fingerprint density at radius 2 is 2.00 bits per heavy atom. The first-order chi connectivity index (χ1) is 8.02. The van der Waals surface area contributed by atoms with Crippen LogP contribution < -0.4 is 0 Å². The van der Waals surface area contributed by atoms with E-state index in [1.54, 1.807) is 13.1 Å². The van der Waals surface area contributed by atoms with Gasteiger partial charge in [-0.2, -0.15) is 0 Å². The van der Waals surface area contributed by atoms with Gasteiger partial charge in [0.15, 0.2) is 0 Å². The van der Waals surface area contributed by atoms with E-state index in [1.165, 1.54) is 0 Å². The first kappa shape index (κ1) is 15.6. The molecule has 0 fully saturated rings. The summed E-state index contributed by atoms with van der Waals surface area (Å²) < 4.78 is 0. The summed E-state index contributed by atoms with van der Waals surface area (Å²) in [5.41, 5.74) is 0.690. The summed E-state index contributed by atoms with van der Waals surface area (Å²) in [6.07, 6.45) is 6.37. The van der Waals surface area contributed by atoms with E-state index in [0.717, 1.165) is 13.0 Å². The SMILES string of the molecule is C=CC(=C)/N=C\N(CC/C=N\C)C(C)C(C)C. The van der Waals surface area contributed by atoms with Crippen molar-refractivity contribution in [1.82, 2.24) is 4.90 Å². The molecule has 3 nitrogen and oxygen atoms in total. The minimum Gasteiger partial charge on any atom is -0.359 e. The van der Waals surface area contributed by atoms with Crippen LogP contribution in [0, 0.1) is 5.92 Å².